The van der Waals surface area contributed by atoms with E-state index >= 15 is 0 Å². The van der Waals surface area contributed by atoms with Crippen LogP contribution in [0.25, 0.3) is 0 Å². The van der Waals surface area contributed by atoms with E-state index in [-0.39, 0.29) is 18.0 Å². The highest BCUT2D eigenvalue weighted by Crippen LogP contribution is 2.16. The topological polar surface area (TPSA) is 46.6 Å². The van der Waals surface area contributed by atoms with Crippen molar-refractivity contribution in [3.63, 3.8) is 0 Å². The van der Waals surface area contributed by atoms with Crippen molar-refractivity contribution >= 4 is 10.0 Å². The standard InChI is InChI=1S/C16H18FNO3S/c1-13-5-3-7-15(11-13)21-10-9-18(2)22(19,20)16-8-4-6-14(17)12-16/h3-8,11-12H,9-10H2,1-2H3. The summed E-state index contributed by atoms with van der Waals surface area (Å²) < 4.78 is 44.4. The molecule has 0 aliphatic rings. The van der Waals surface area contributed by atoms with Gasteiger partial charge in [0.25, 0.3) is 0 Å². The van der Waals surface area contributed by atoms with E-state index < -0.39 is 15.8 Å². The van der Waals surface area contributed by atoms with Gasteiger partial charge < -0.3 is 4.74 Å². The summed E-state index contributed by atoms with van der Waals surface area (Å²) in [6, 6.07) is 12.5. The molecule has 0 N–H and O–H groups in total. The lowest BCUT2D eigenvalue weighted by Gasteiger charge is -2.17. The zero-order valence-corrected chi connectivity index (χ0v) is 13.3. The maximum absolute atomic E-state index is 13.2. The van der Waals surface area contributed by atoms with Crippen molar-refractivity contribution in [2.75, 3.05) is 20.2 Å². The van der Waals surface area contributed by atoms with Crippen LogP contribution in [0.1, 0.15) is 5.56 Å². The van der Waals surface area contributed by atoms with Crippen LogP contribution in [0.15, 0.2) is 53.4 Å². The van der Waals surface area contributed by atoms with Crippen molar-refractivity contribution in [2.45, 2.75) is 11.8 Å². The first-order valence-corrected chi connectivity index (χ1v) is 8.25. The van der Waals surface area contributed by atoms with Crippen molar-refractivity contribution < 1.29 is 17.5 Å². The molecule has 0 unspecified atom stereocenters. The van der Waals surface area contributed by atoms with Crippen LogP contribution in [0.4, 0.5) is 4.39 Å². The Labute approximate surface area is 130 Å². The summed E-state index contributed by atoms with van der Waals surface area (Å²) in [4.78, 5) is -0.0643. The maximum Gasteiger partial charge on any atom is 0.243 e. The molecule has 2 aromatic rings. The number of halogens is 1. The molecule has 6 heteroatoms. The maximum atomic E-state index is 13.2. The normalized spacial score (nSPS) is 11.6. The van der Waals surface area contributed by atoms with E-state index in [4.69, 9.17) is 4.74 Å². The molecule has 0 saturated carbocycles. The Morgan fingerprint density at radius 3 is 2.55 bits per heavy atom. The molecule has 0 aliphatic carbocycles. The van der Waals surface area contributed by atoms with Gasteiger partial charge in [-0.1, -0.05) is 18.2 Å². The van der Waals surface area contributed by atoms with Gasteiger partial charge in [-0.15, -0.1) is 0 Å². The monoisotopic (exact) mass is 323 g/mol. The van der Waals surface area contributed by atoms with Crippen molar-refractivity contribution in [3.8, 4) is 5.75 Å². The third kappa shape index (κ3) is 4.05. The molecule has 0 aromatic heterocycles. The first-order valence-electron chi connectivity index (χ1n) is 6.81. The fourth-order valence-electron chi connectivity index (χ4n) is 1.92. The Morgan fingerprint density at radius 2 is 1.86 bits per heavy atom. The molecular weight excluding hydrogens is 305 g/mol. The van der Waals surface area contributed by atoms with E-state index in [0.717, 1.165) is 15.9 Å². The number of sulfonamides is 1. The zero-order valence-electron chi connectivity index (χ0n) is 12.5. The third-order valence-corrected chi connectivity index (χ3v) is 5.02. The fraction of sp³-hybridized carbons (Fsp3) is 0.250. The van der Waals surface area contributed by atoms with E-state index in [1.165, 1.54) is 25.2 Å². The van der Waals surface area contributed by atoms with Crippen LogP contribution in [0.5, 0.6) is 5.75 Å². The average Bonchev–Trinajstić information content (AvgIpc) is 2.47. The quantitative estimate of drug-likeness (QED) is 0.821. The average molecular weight is 323 g/mol. The second-order valence-corrected chi connectivity index (χ2v) is 6.99. The molecule has 22 heavy (non-hydrogen) atoms. The first kappa shape index (κ1) is 16.5. The number of likely N-dealkylation sites (N-methyl/N-ethyl adjacent to an activating group) is 1. The fourth-order valence-corrected chi connectivity index (χ4v) is 3.11. The largest absolute Gasteiger partial charge is 0.492 e. The predicted molar refractivity (Wildman–Crippen MR) is 82.9 cm³/mol. The highest BCUT2D eigenvalue weighted by molar-refractivity contribution is 7.89. The van der Waals surface area contributed by atoms with Crippen molar-refractivity contribution in [1.82, 2.24) is 4.31 Å². The molecule has 118 valence electrons. The van der Waals surface area contributed by atoms with Crippen LogP contribution in [0.2, 0.25) is 0 Å². The number of nitrogens with zero attached hydrogens (tertiary/aromatic N) is 1. The summed E-state index contributed by atoms with van der Waals surface area (Å²) >= 11 is 0. The molecule has 0 radical (unpaired) electrons. The first-order chi connectivity index (χ1) is 10.4. The van der Waals surface area contributed by atoms with Gasteiger partial charge in [0.1, 0.15) is 18.2 Å². The number of benzene rings is 2. The molecule has 0 aliphatic heterocycles. The SMILES string of the molecule is Cc1cccc(OCCN(C)S(=O)(=O)c2cccc(F)c2)c1. The van der Waals surface area contributed by atoms with Crippen molar-refractivity contribution in [2.24, 2.45) is 0 Å². The van der Waals surface area contributed by atoms with Gasteiger partial charge in [0.15, 0.2) is 0 Å². The number of rotatable bonds is 6. The molecule has 0 heterocycles. The van der Waals surface area contributed by atoms with Gasteiger partial charge in [-0.25, -0.2) is 12.8 Å². The molecule has 2 rings (SSSR count). The summed E-state index contributed by atoms with van der Waals surface area (Å²) in [7, 11) is -2.27. The zero-order chi connectivity index (χ0) is 16.2. The minimum atomic E-state index is -3.71. The second-order valence-electron chi connectivity index (χ2n) is 4.95. The molecule has 0 atom stereocenters. The molecule has 4 nitrogen and oxygen atoms in total. The van der Waals surface area contributed by atoms with Crippen LogP contribution in [0.3, 0.4) is 0 Å². The summed E-state index contributed by atoms with van der Waals surface area (Å²) in [5.74, 6) is 0.113. The Morgan fingerprint density at radius 1 is 1.14 bits per heavy atom. The third-order valence-electron chi connectivity index (χ3n) is 3.17. The van der Waals surface area contributed by atoms with Crippen molar-refractivity contribution in [1.29, 1.82) is 0 Å². The molecular formula is C16H18FNO3S. The molecule has 0 saturated heterocycles. The minimum Gasteiger partial charge on any atom is -0.492 e. The number of ether oxygens (including phenoxy) is 1. The molecule has 0 spiro atoms. The molecule has 0 fully saturated rings. The molecule has 2 aromatic carbocycles. The van der Waals surface area contributed by atoms with E-state index in [1.54, 1.807) is 0 Å². The van der Waals surface area contributed by atoms with E-state index in [2.05, 4.69) is 0 Å². The van der Waals surface area contributed by atoms with Gasteiger partial charge in [-0.05, 0) is 42.8 Å². The Kier molecular flexibility index (Phi) is 5.15. The van der Waals surface area contributed by atoms with Gasteiger partial charge >= 0.3 is 0 Å². The Balaban J connectivity index is 1.98. The van der Waals surface area contributed by atoms with Gasteiger partial charge in [-0.3, -0.25) is 0 Å². The minimum absolute atomic E-state index is 0.0643. The summed E-state index contributed by atoms with van der Waals surface area (Å²) in [5.41, 5.74) is 1.07. The highest BCUT2D eigenvalue weighted by atomic mass is 32.2. The Bertz CT molecular complexity index is 747. The van der Waals surface area contributed by atoms with Crippen LogP contribution >= 0.6 is 0 Å². The van der Waals surface area contributed by atoms with Gasteiger partial charge in [0.2, 0.25) is 10.0 Å². The van der Waals surface area contributed by atoms with Gasteiger partial charge in [0.05, 0.1) is 4.90 Å². The lowest BCUT2D eigenvalue weighted by atomic mass is 10.2. The second kappa shape index (κ2) is 6.89. The predicted octanol–water partition coefficient (Wildman–Crippen LogP) is 2.83. The number of hydrogen-bond acceptors (Lipinski definition) is 3. The van der Waals surface area contributed by atoms with Crippen LogP contribution in [-0.2, 0) is 10.0 Å². The van der Waals surface area contributed by atoms with E-state index in [1.807, 2.05) is 31.2 Å². The van der Waals surface area contributed by atoms with E-state index in [9.17, 15) is 12.8 Å². The number of hydrogen-bond donors (Lipinski definition) is 0. The molecule has 0 amide bonds. The summed E-state index contributed by atoms with van der Waals surface area (Å²) in [6.45, 7) is 2.34. The number of aryl methyl sites for hydroxylation is 1. The lowest BCUT2D eigenvalue weighted by molar-refractivity contribution is 0.286. The highest BCUT2D eigenvalue weighted by Gasteiger charge is 2.20. The van der Waals surface area contributed by atoms with Crippen molar-refractivity contribution in [3.05, 3.63) is 59.9 Å². The summed E-state index contributed by atoms with van der Waals surface area (Å²) in [5, 5.41) is 0. The van der Waals surface area contributed by atoms with Crippen LogP contribution in [0, 0.1) is 12.7 Å². The Hall–Kier alpha value is -1.92. The van der Waals surface area contributed by atoms with E-state index in [0.29, 0.717) is 5.75 Å². The van der Waals surface area contributed by atoms with Crippen LogP contribution < -0.4 is 4.74 Å². The van der Waals surface area contributed by atoms with Gasteiger partial charge in [0, 0.05) is 13.6 Å². The molecule has 0 bridgehead atoms. The lowest BCUT2D eigenvalue weighted by Crippen LogP contribution is -2.31. The summed E-state index contributed by atoms with van der Waals surface area (Å²) in [6.07, 6.45) is 0. The van der Waals surface area contributed by atoms with Crippen LogP contribution in [-0.4, -0.2) is 32.9 Å². The smallest absolute Gasteiger partial charge is 0.243 e. The van der Waals surface area contributed by atoms with Gasteiger partial charge in [-0.2, -0.15) is 4.31 Å².